The summed E-state index contributed by atoms with van der Waals surface area (Å²) >= 11 is 3.85. The molecule has 3 heterocycles. The second-order valence-corrected chi connectivity index (χ2v) is 9.75. The molecule has 8 nitrogen and oxygen atoms in total. The number of piperidine rings is 1. The Morgan fingerprint density at radius 2 is 1.97 bits per heavy atom. The van der Waals surface area contributed by atoms with Gasteiger partial charge in [0.15, 0.2) is 9.84 Å². The van der Waals surface area contributed by atoms with Crippen LogP contribution < -0.4 is 9.64 Å². The highest BCUT2D eigenvalue weighted by Crippen LogP contribution is 2.38. The Hall–Kier alpha value is -2.40. The minimum Gasteiger partial charge on any atom is -0.474 e. The van der Waals surface area contributed by atoms with Crippen molar-refractivity contribution in [1.82, 2.24) is 14.9 Å². The van der Waals surface area contributed by atoms with Crippen molar-refractivity contribution in [2.75, 3.05) is 30.8 Å². The number of rotatable bonds is 4. The van der Waals surface area contributed by atoms with Crippen LogP contribution in [0.1, 0.15) is 18.4 Å². The van der Waals surface area contributed by atoms with Crippen LogP contribution >= 0.6 is 12.6 Å². The van der Waals surface area contributed by atoms with Crippen molar-refractivity contribution < 1.29 is 22.3 Å². The zero-order chi connectivity index (χ0) is 21.5. The van der Waals surface area contributed by atoms with Gasteiger partial charge in [-0.1, -0.05) is 12.6 Å². The Balaban J connectivity index is 1.55. The van der Waals surface area contributed by atoms with Crippen molar-refractivity contribution >= 4 is 39.2 Å². The minimum absolute atomic E-state index is 0.0686. The maximum atomic E-state index is 14.7. The molecule has 2 aromatic rings. The van der Waals surface area contributed by atoms with E-state index in [-0.39, 0.29) is 21.9 Å². The molecule has 0 saturated carbocycles. The van der Waals surface area contributed by atoms with Gasteiger partial charge in [0, 0.05) is 38.7 Å². The molecule has 4 rings (SSSR count). The molecule has 11 heteroatoms. The Morgan fingerprint density at radius 3 is 2.60 bits per heavy atom. The number of hydrogen-bond donors (Lipinski definition) is 1. The number of ether oxygens (including phenoxy) is 1. The Labute approximate surface area is 179 Å². The number of nitrogens with zero attached hydrogens (tertiary/aromatic N) is 4. The van der Waals surface area contributed by atoms with Gasteiger partial charge in [0.1, 0.15) is 24.1 Å². The summed E-state index contributed by atoms with van der Waals surface area (Å²) in [6.07, 6.45) is 4.27. The number of halogens is 1. The van der Waals surface area contributed by atoms with Gasteiger partial charge in [-0.2, -0.15) is 0 Å². The standard InChI is InChI=1S/C19H21FN4O4S2/c1-30(26,27)13-2-3-16(15(20)10-13)24-9-6-14-17(24)21-11-22-18(14)28-12-4-7-23(8-5-12)19(25)29/h2-3,10-12H,4-9H2,1H3,(H,25,29). The summed E-state index contributed by atoms with van der Waals surface area (Å²) in [5, 5.41) is -0.240. The lowest BCUT2D eigenvalue weighted by molar-refractivity contribution is 0.114. The maximum absolute atomic E-state index is 14.7. The van der Waals surface area contributed by atoms with Gasteiger partial charge in [-0.25, -0.2) is 22.8 Å². The zero-order valence-corrected chi connectivity index (χ0v) is 18.0. The zero-order valence-electron chi connectivity index (χ0n) is 16.3. The highest BCUT2D eigenvalue weighted by atomic mass is 32.2. The fraction of sp³-hybridized carbons (Fsp3) is 0.421. The van der Waals surface area contributed by atoms with E-state index in [2.05, 4.69) is 22.6 Å². The maximum Gasteiger partial charge on any atom is 0.278 e. The van der Waals surface area contributed by atoms with Crippen molar-refractivity contribution in [3.63, 3.8) is 0 Å². The number of carbonyl (C=O) groups is 1. The van der Waals surface area contributed by atoms with Crippen LogP contribution in [0.25, 0.3) is 0 Å². The first-order chi connectivity index (χ1) is 14.2. The highest BCUT2D eigenvalue weighted by Gasteiger charge is 2.30. The summed E-state index contributed by atoms with van der Waals surface area (Å²) in [6, 6.07) is 3.87. The lowest BCUT2D eigenvalue weighted by Gasteiger charge is -2.31. The van der Waals surface area contributed by atoms with Crippen molar-refractivity contribution in [2.45, 2.75) is 30.3 Å². The average Bonchev–Trinajstić information content (AvgIpc) is 3.12. The molecule has 1 amide bonds. The van der Waals surface area contributed by atoms with Gasteiger partial charge in [0.2, 0.25) is 5.88 Å². The molecule has 0 spiro atoms. The summed E-state index contributed by atoms with van der Waals surface area (Å²) in [6.45, 7) is 1.63. The summed E-state index contributed by atoms with van der Waals surface area (Å²) < 4.78 is 44.1. The number of aromatic nitrogens is 2. The first kappa shape index (κ1) is 20.9. The first-order valence-corrected chi connectivity index (χ1v) is 11.8. The SMILES string of the molecule is CS(=O)(=O)c1ccc(N2CCc3c(OC4CCN(C(=O)S)CC4)ncnc32)c(F)c1. The van der Waals surface area contributed by atoms with Crippen LogP contribution in [-0.4, -0.2) is 60.5 Å². The van der Waals surface area contributed by atoms with Gasteiger partial charge >= 0.3 is 0 Å². The molecule has 0 bridgehead atoms. The second-order valence-electron chi connectivity index (χ2n) is 7.35. The number of fused-ring (bicyclic) bond motifs is 1. The van der Waals surface area contributed by atoms with Gasteiger partial charge in [-0.3, -0.25) is 4.79 Å². The summed E-state index contributed by atoms with van der Waals surface area (Å²) in [5.41, 5.74) is 1.04. The molecule has 1 fully saturated rings. The fourth-order valence-corrected chi connectivity index (χ4v) is 4.60. The number of hydrogen-bond acceptors (Lipinski definition) is 7. The van der Waals surface area contributed by atoms with Crippen LogP contribution in [0.3, 0.4) is 0 Å². The molecule has 0 radical (unpaired) electrons. The number of anilines is 2. The lowest BCUT2D eigenvalue weighted by atomic mass is 10.1. The number of likely N-dealkylation sites (tertiary alicyclic amines) is 1. The quantitative estimate of drug-likeness (QED) is 0.713. The third kappa shape index (κ3) is 4.08. The van der Waals surface area contributed by atoms with Crippen molar-refractivity contribution in [2.24, 2.45) is 0 Å². The molecule has 1 aromatic carbocycles. The predicted molar refractivity (Wildman–Crippen MR) is 112 cm³/mol. The van der Waals surface area contributed by atoms with E-state index in [1.807, 2.05) is 0 Å². The molecular formula is C19H21FN4O4S2. The van der Waals surface area contributed by atoms with Crippen LogP contribution in [0.5, 0.6) is 5.88 Å². The average molecular weight is 453 g/mol. The van der Waals surface area contributed by atoms with E-state index in [4.69, 9.17) is 4.74 Å². The molecular weight excluding hydrogens is 431 g/mol. The van der Waals surface area contributed by atoms with Crippen LogP contribution in [0, 0.1) is 5.82 Å². The molecule has 160 valence electrons. The monoisotopic (exact) mass is 452 g/mol. The first-order valence-electron chi connectivity index (χ1n) is 9.49. The van der Waals surface area contributed by atoms with Crippen LogP contribution in [0.4, 0.5) is 20.7 Å². The van der Waals surface area contributed by atoms with Crippen molar-refractivity contribution in [3.05, 3.63) is 35.9 Å². The van der Waals surface area contributed by atoms with Crippen LogP contribution in [0.15, 0.2) is 29.4 Å². The van der Waals surface area contributed by atoms with Gasteiger partial charge in [-0.15, -0.1) is 0 Å². The fourth-order valence-electron chi connectivity index (χ4n) is 3.76. The number of sulfone groups is 1. The molecule has 0 atom stereocenters. The van der Waals surface area contributed by atoms with Gasteiger partial charge < -0.3 is 14.5 Å². The molecule has 30 heavy (non-hydrogen) atoms. The molecule has 1 aromatic heterocycles. The largest absolute Gasteiger partial charge is 0.474 e. The Bertz CT molecular complexity index is 1090. The molecule has 0 unspecified atom stereocenters. The predicted octanol–water partition coefficient (Wildman–Crippen LogP) is 2.61. The lowest BCUT2D eigenvalue weighted by Crippen LogP contribution is -2.39. The molecule has 2 aliphatic heterocycles. The van der Waals surface area contributed by atoms with E-state index in [1.165, 1.54) is 18.5 Å². The van der Waals surface area contributed by atoms with E-state index in [9.17, 15) is 17.6 Å². The van der Waals surface area contributed by atoms with E-state index in [0.29, 0.717) is 50.6 Å². The normalized spacial score (nSPS) is 17.2. The smallest absolute Gasteiger partial charge is 0.278 e. The number of amides is 1. The molecule has 2 aliphatic rings. The Morgan fingerprint density at radius 1 is 1.23 bits per heavy atom. The Kier molecular flexibility index (Phi) is 5.58. The summed E-state index contributed by atoms with van der Waals surface area (Å²) in [5.74, 6) is 0.385. The topological polar surface area (TPSA) is 92.7 Å². The van der Waals surface area contributed by atoms with Crippen molar-refractivity contribution in [3.8, 4) is 5.88 Å². The van der Waals surface area contributed by atoms with Gasteiger partial charge in [-0.05, 0) is 24.6 Å². The van der Waals surface area contributed by atoms with Crippen LogP contribution in [-0.2, 0) is 16.3 Å². The number of thiol groups is 1. The van der Waals surface area contributed by atoms with Crippen LogP contribution in [0.2, 0.25) is 0 Å². The third-order valence-corrected chi connectivity index (χ3v) is 6.75. The van der Waals surface area contributed by atoms with E-state index >= 15 is 0 Å². The number of benzene rings is 1. The van der Waals surface area contributed by atoms with E-state index in [1.54, 1.807) is 9.80 Å². The molecule has 1 saturated heterocycles. The minimum atomic E-state index is -3.49. The van der Waals surface area contributed by atoms with Gasteiger partial charge in [0.05, 0.1) is 16.1 Å². The second kappa shape index (κ2) is 8.03. The van der Waals surface area contributed by atoms with E-state index < -0.39 is 15.7 Å². The summed E-state index contributed by atoms with van der Waals surface area (Å²) in [4.78, 5) is 23.2. The van der Waals surface area contributed by atoms with E-state index in [0.717, 1.165) is 17.9 Å². The third-order valence-electron chi connectivity index (χ3n) is 5.35. The molecule has 0 N–H and O–H groups in total. The summed E-state index contributed by atoms with van der Waals surface area (Å²) in [7, 11) is -3.49. The van der Waals surface area contributed by atoms with Gasteiger partial charge in [0.25, 0.3) is 5.24 Å². The highest BCUT2D eigenvalue weighted by molar-refractivity contribution is 7.96. The van der Waals surface area contributed by atoms with Crippen molar-refractivity contribution in [1.29, 1.82) is 0 Å². The molecule has 0 aliphatic carbocycles. The number of carbonyl (C=O) groups excluding carboxylic acids is 1.